The van der Waals surface area contributed by atoms with Crippen LogP contribution in [0.25, 0.3) is 0 Å². The van der Waals surface area contributed by atoms with E-state index in [1.807, 2.05) is 0 Å². The van der Waals surface area contributed by atoms with Crippen LogP contribution >= 0.6 is 25.3 Å². The lowest BCUT2D eigenvalue weighted by molar-refractivity contribution is 0.602. The molecule has 74 valence electrons. The summed E-state index contributed by atoms with van der Waals surface area (Å²) < 4.78 is 0. The zero-order chi connectivity index (χ0) is 9.40. The van der Waals surface area contributed by atoms with E-state index in [0.717, 1.165) is 0 Å². The monoisotopic (exact) mass is 206 g/mol. The molecule has 0 aliphatic carbocycles. The van der Waals surface area contributed by atoms with Crippen LogP contribution in [0, 0.1) is 0 Å². The van der Waals surface area contributed by atoms with Gasteiger partial charge >= 0.3 is 0 Å². The third kappa shape index (κ3) is 7.35. The summed E-state index contributed by atoms with van der Waals surface area (Å²) in [7, 11) is 0. The molecule has 0 aliphatic rings. The molecule has 0 bridgehead atoms. The van der Waals surface area contributed by atoms with Crippen molar-refractivity contribution in [3.8, 4) is 0 Å². The topological polar surface area (TPSA) is 0 Å². The number of rotatable bonds is 7. The van der Waals surface area contributed by atoms with E-state index >= 15 is 0 Å². The van der Waals surface area contributed by atoms with E-state index in [4.69, 9.17) is 0 Å². The zero-order valence-corrected chi connectivity index (χ0v) is 10.1. The van der Waals surface area contributed by atoms with Crippen molar-refractivity contribution in [2.45, 2.75) is 62.9 Å². The minimum absolute atomic E-state index is 0.616. The van der Waals surface area contributed by atoms with Gasteiger partial charge in [-0.3, -0.25) is 0 Å². The van der Waals surface area contributed by atoms with Gasteiger partial charge in [0.15, 0.2) is 0 Å². The van der Waals surface area contributed by atoms with E-state index in [1.165, 1.54) is 38.5 Å². The lowest BCUT2D eigenvalue weighted by atomic mass is 10.1. The molecule has 0 aromatic carbocycles. The Bertz CT molecular complexity index is 81.8. The van der Waals surface area contributed by atoms with Gasteiger partial charge in [0.2, 0.25) is 0 Å². The third-order valence-electron chi connectivity index (χ3n) is 2.27. The van der Waals surface area contributed by atoms with Crippen molar-refractivity contribution >= 4 is 25.3 Å². The first kappa shape index (κ1) is 12.7. The number of hydrogen-bond acceptors (Lipinski definition) is 2. The molecular formula is C10H22S2. The minimum Gasteiger partial charge on any atom is -0.176 e. The summed E-state index contributed by atoms with van der Waals surface area (Å²) in [6.45, 7) is 4.40. The van der Waals surface area contributed by atoms with Crippen LogP contribution in [0.5, 0.6) is 0 Å². The summed E-state index contributed by atoms with van der Waals surface area (Å²) in [6.07, 6.45) is 7.56. The van der Waals surface area contributed by atoms with Gasteiger partial charge in [0.05, 0.1) is 0 Å². The molecule has 0 aliphatic heterocycles. The molecule has 0 radical (unpaired) electrons. The van der Waals surface area contributed by atoms with E-state index < -0.39 is 0 Å². The van der Waals surface area contributed by atoms with Crippen LogP contribution in [0.1, 0.15) is 52.4 Å². The molecule has 0 heterocycles. The Labute approximate surface area is 88.3 Å². The highest BCUT2D eigenvalue weighted by atomic mass is 32.1. The van der Waals surface area contributed by atoms with Crippen molar-refractivity contribution in [2.24, 2.45) is 0 Å². The van der Waals surface area contributed by atoms with Crippen LogP contribution in [-0.2, 0) is 0 Å². The van der Waals surface area contributed by atoms with Crippen LogP contribution in [0.4, 0.5) is 0 Å². The third-order valence-corrected chi connectivity index (χ3v) is 3.51. The molecule has 0 saturated carbocycles. The lowest BCUT2D eigenvalue weighted by Crippen LogP contribution is -1.99. The van der Waals surface area contributed by atoms with E-state index in [0.29, 0.717) is 10.5 Å². The minimum atomic E-state index is 0.616. The molecule has 0 fully saturated rings. The van der Waals surface area contributed by atoms with Crippen LogP contribution in [0.2, 0.25) is 0 Å². The molecular weight excluding hydrogens is 184 g/mol. The van der Waals surface area contributed by atoms with Crippen molar-refractivity contribution in [3.05, 3.63) is 0 Å². The fourth-order valence-electron chi connectivity index (χ4n) is 1.17. The Morgan fingerprint density at radius 1 is 0.833 bits per heavy atom. The van der Waals surface area contributed by atoms with Crippen molar-refractivity contribution < 1.29 is 0 Å². The van der Waals surface area contributed by atoms with Gasteiger partial charge in [-0.25, -0.2) is 0 Å². The van der Waals surface area contributed by atoms with Crippen LogP contribution in [0.15, 0.2) is 0 Å². The summed E-state index contributed by atoms with van der Waals surface area (Å²) in [4.78, 5) is 0. The molecule has 0 rings (SSSR count). The fraction of sp³-hybridized carbons (Fsp3) is 1.00. The number of thiol groups is 2. The quantitative estimate of drug-likeness (QED) is 0.457. The van der Waals surface area contributed by atoms with Gasteiger partial charge in [0.1, 0.15) is 0 Å². The largest absolute Gasteiger partial charge is 0.176 e. The molecule has 12 heavy (non-hydrogen) atoms. The molecule has 0 aromatic rings. The Morgan fingerprint density at radius 2 is 1.17 bits per heavy atom. The second-order valence-electron chi connectivity index (χ2n) is 3.41. The molecule has 2 unspecified atom stereocenters. The summed E-state index contributed by atoms with van der Waals surface area (Å²) in [5.74, 6) is 0. The van der Waals surface area contributed by atoms with Crippen molar-refractivity contribution in [1.29, 1.82) is 0 Å². The number of hydrogen-bond donors (Lipinski definition) is 2. The van der Waals surface area contributed by atoms with Gasteiger partial charge in [-0.2, -0.15) is 25.3 Å². The molecule has 0 aromatic heterocycles. The zero-order valence-electron chi connectivity index (χ0n) is 8.29. The molecule has 0 N–H and O–H groups in total. The molecule has 2 heteroatoms. The smallest absolute Gasteiger partial charge is 0.00141 e. The van der Waals surface area contributed by atoms with Gasteiger partial charge in [0, 0.05) is 10.5 Å². The highest BCUT2D eigenvalue weighted by Gasteiger charge is 2.01. The Balaban J connectivity index is 3.10. The molecule has 0 amide bonds. The second-order valence-corrected chi connectivity index (χ2v) is 4.87. The summed E-state index contributed by atoms with van der Waals surface area (Å²) >= 11 is 8.92. The maximum atomic E-state index is 4.46. The normalized spacial score (nSPS) is 16.0. The van der Waals surface area contributed by atoms with Gasteiger partial charge < -0.3 is 0 Å². The van der Waals surface area contributed by atoms with Crippen LogP contribution in [0.3, 0.4) is 0 Å². The van der Waals surface area contributed by atoms with Crippen molar-refractivity contribution in [1.82, 2.24) is 0 Å². The first-order valence-electron chi connectivity index (χ1n) is 5.06. The van der Waals surface area contributed by atoms with E-state index in [9.17, 15) is 0 Å². The predicted octanol–water partition coefficient (Wildman–Crippen LogP) is 3.96. The Kier molecular flexibility index (Phi) is 8.79. The first-order valence-corrected chi connectivity index (χ1v) is 6.10. The first-order chi connectivity index (χ1) is 5.70. The van der Waals surface area contributed by atoms with E-state index in [1.54, 1.807) is 0 Å². The molecule has 0 spiro atoms. The maximum absolute atomic E-state index is 4.46. The van der Waals surface area contributed by atoms with Crippen molar-refractivity contribution in [2.75, 3.05) is 0 Å². The Morgan fingerprint density at radius 3 is 1.42 bits per heavy atom. The van der Waals surface area contributed by atoms with Crippen LogP contribution < -0.4 is 0 Å². The Hall–Kier alpha value is 0.700. The standard InChI is InChI=1S/C10H22S2/c1-3-9(11)7-5-6-8-10(12)4-2/h9-12H,3-8H2,1-2H3. The highest BCUT2D eigenvalue weighted by Crippen LogP contribution is 2.15. The lowest BCUT2D eigenvalue weighted by Gasteiger charge is -2.09. The summed E-state index contributed by atoms with van der Waals surface area (Å²) in [5, 5.41) is 1.23. The van der Waals surface area contributed by atoms with E-state index in [2.05, 4.69) is 39.1 Å². The van der Waals surface area contributed by atoms with E-state index in [-0.39, 0.29) is 0 Å². The van der Waals surface area contributed by atoms with Gasteiger partial charge in [-0.1, -0.05) is 26.7 Å². The average Bonchev–Trinajstić information content (AvgIpc) is 2.11. The molecule has 0 nitrogen and oxygen atoms in total. The SMILES string of the molecule is CCC(S)CCCCC(S)CC. The van der Waals surface area contributed by atoms with Crippen LogP contribution in [-0.4, -0.2) is 10.5 Å². The molecule has 2 atom stereocenters. The second kappa shape index (κ2) is 8.31. The summed E-state index contributed by atoms with van der Waals surface area (Å²) in [6, 6.07) is 0. The van der Waals surface area contributed by atoms with Gasteiger partial charge in [0.25, 0.3) is 0 Å². The fourth-order valence-corrected chi connectivity index (χ4v) is 1.53. The maximum Gasteiger partial charge on any atom is 0.00141 e. The predicted molar refractivity (Wildman–Crippen MR) is 64.6 cm³/mol. The summed E-state index contributed by atoms with van der Waals surface area (Å²) in [5.41, 5.74) is 0. The van der Waals surface area contributed by atoms with Gasteiger partial charge in [-0.15, -0.1) is 0 Å². The molecule has 0 saturated heterocycles. The highest BCUT2D eigenvalue weighted by molar-refractivity contribution is 7.81. The van der Waals surface area contributed by atoms with Crippen molar-refractivity contribution in [3.63, 3.8) is 0 Å². The van der Waals surface area contributed by atoms with Gasteiger partial charge in [-0.05, 0) is 25.7 Å². The average molecular weight is 206 g/mol. The number of unbranched alkanes of at least 4 members (excludes halogenated alkanes) is 1.